The molecule has 3 N–H and O–H groups in total. The molecule has 7 fully saturated rings. The van der Waals surface area contributed by atoms with Crippen LogP contribution in [0.1, 0.15) is 82.1 Å². The van der Waals surface area contributed by atoms with E-state index in [-0.39, 0.29) is 24.2 Å². The van der Waals surface area contributed by atoms with E-state index in [0.29, 0.717) is 12.0 Å². The fraction of sp³-hybridized carbons (Fsp3) is 0.838. The van der Waals surface area contributed by atoms with Gasteiger partial charge in [0.15, 0.2) is 5.60 Å². The molecule has 0 aromatic carbocycles. The highest BCUT2D eigenvalue weighted by Crippen LogP contribution is 2.81. The van der Waals surface area contributed by atoms with Crippen molar-refractivity contribution in [3.63, 3.8) is 0 Å². The molecule has 0 amide bonds. The van der Waals surface area contributed by atoms with Gasteiger partial charge >= 0.3 is 23.9 Å². The number of aliphatic hydroxyl groups is 3. The van der Waals surface area contributed by atoms with Crippen LogP contribution in [0.15, 0.2) is 11.3 Å². The SMILES string of the molecule is CC(=O)O[C@H]1C2C(=C(O)C[C@H]3C[C@@H]4O[C@@H]4[C@H](O)[C@]23C)[C@@H]2[C@@H](OC(=O)C(C)(C)C)[C@@H]3[C@H]([C@H](C)[C@H]4O[C@]45OC(=O)[C@@](C)(O)[C@]35C)[C@@]2(C)[C@H]1OC(C)=O. The predicted octanol–water partition coefficient (Wildman–Crippen LogP) is 2.74. The molecule has 4 saturated carbocycles. The average Bonchev–Trinajstić information content (AvgIpc) is 3.90. The van der Waals surface area contributed by atoms with Gasteiger partial charge in [0.05, 0.1) is 28.8 Å². The second-order valence-corrected chi connectivity index (χ2v) is 18.3. The zero-order valence-electron chi connectivity index (χ0n) is 30.3. The Kier molecular flexibility index (Phi) is 6.74. The Balaban J connectivity index is 1.43. The summed E-state index contributed by atoms with van der Waals surface area (Å²) in [5.41, 5.74) is -6.34. The first-order valence-electron chi connectivity index (χ1n) is 18.0. The molecule has 3 heterocycles. The van der Waals surface area contributed by atoms with Crippen LogP contribution in [0.3, 0.4) is 0 Å². The number of allylic oxidation sites excluding steroid dienone is 1. The fourth-order valence-electron chi connectivity index (χ4n) is 12.5. The van der Waals surface area contributed by atoms with Crippen LogP contribution < -0.4 is 0 Å². The number of ether oxygens (including phenoxy) is 6. The van der Waals surface area contributed by atoms with E-state index in [1.165, 1.54) is 20.8 Å². The molecule has 0 aromatic rings. The van der Waals surface area contributed by atoms with Crippen LogP contribution in [-0.2, 0) is 47.6 Å². The summed E-state index contributed by atoms with van der Waals surface area (Å²) in [4.78, 5) is 53.8. The van der Waals surface area contributed by atoms with Crippen LogP contribution >= 0.6 is 0 Å². The van der Waals surface area contributed by atoms with E-state index < -0.39 is 123 Å². The highest BCUT2D eigenvalue weighted by Gasteiger charge is 2.93. The summed E-state index contributed by atoms with van der Waals surface area (Å²) in [5, 5.41) is 36.5. The lowest BCUT2D eigenvalue weighted by molar-refractivity contribution is -0.225. The summed E-state index contributed by atoms with van der Waals surface area (Å²) >= 11 is 0. The molecule has 3 aliphatic heterocycles. The summed E-state index contributed by atoms with van der Waals surface area (Å²) in [6, 6.07) is 0. The van der Waals surface area contributed by atoms with Crippen molar-refractivity contribution in [3.8, 4) is 0 Å². The molecule has 3 saturated heterocycles. The third kappa shape index (κ3) is 3.77. The van der Waals surface area contributed by atoms with Crippen LogP contribution in [0.2, 0.25) is 0 Å². The summed E-state index contributed by atoms with van der Waals surface area (Å²) in [6.45, 7) is 16.6. The number of carbonyl (C=O) groups is 4. The largest absolute Gasteiger partial charge is 0.512 e. The third-order valence-corrected chi connectivity index (χ3v) is 14.9. The molecule has 50 heavy (non-hydrogen) atoms. The molecule has 5 aliphatic carbocycles. The zero-order valence-corrected chi connectivity index (χ0v) is 30.3. The van der Waals surface area contributed by atoms with Gasteiger partial charge in [-0.15, -0.1) is 0 Å². The van der Waals surface area contributed by atoms with Crippen LogP contribution in [0.4, 0.5) is 0 Å². The molecule has 13 nitrogen and oxygen atoms in total. The van der Waals surface area contributed by atoms with Gasteiger partial charge in [0.2, 0.25) is 5.79 Å². The lowest BCUT2D eigenvalue weighted by Crippen LogP contribution is -2.68. The topological polar surface area (TPSA) is 191 Å². The summed E-state index contributed by atoms with van der Waals surface area (Å²) < 4.78 is 37.3. The minimum atomic E-state index is -2.09. The predicted molar refractivity (Wildman–Crippen MR) is 169 cm³/mol. The normalized spacial score (nSPS) is 55.1. The molecule has 18 atom stereocenters. The van der Waals surface area contributed by atoms with E-state index >= 15 is 0 Å². The first-order valence-corrected chi connectivity index (χ1v) is 18.0. The molecule has 13 heteroatoms. The van der Waals surface area contributed by atoms with Gasteiger partial charge in [-0.1, -0.05) is 20.8 Å². The fourth-order valence-corrected chi connectivity index (χ4v) is 12.5. The molecule has 1 spiro atoms. The monoisotopic (exact) mass is 702 g/mol. The molecule has 8 rings (SSSR count). The second kappa shape index (κ2) is 9.81. The maximum Gasteiger partial charge on any atom is 0.341 e. The van der Waals surface area contributed by atoms with Crippen molar-refractivity contribution < 1.29 is 62.9 Å². The molecular formula is C37H50O13. The maximum absolute atomic E-state index is 14.1. The smallest absolute Gasteiger partial charge is 0.341 e. The van der Waals surface area contributed by atoms with Gasteiger partial charge in [-0.2, -0.15) is 0 Å². The summed E-state index contributed by atoms with van der Waals surface area (Å²) in [7, 11) is 0. The Bertz CT molecular complexity index is 1630. The molecule has 0 aromatic heterocycles. The Labute approximate surface area is 291 Å². The minimum Gasteiger partial charge on any atom is -0.512 e. The van der Waals surface area contributed by atoms with Gasteiger partial charge in [0.1, 0.15) is 30.5 Å². The maximum atomic E-state index is 14.1. The van der Waals surface area contributed by atoms with Gasteiger partial charge in [-0.05, 0) is 64.4 Å². The molecular weight excluding hydrogens is 652 g/mol. The van der Waals surface area contributed by atoms with E-state index in [1.807, 2.05) is 20.8 Å². The van der Waals surface area contributed by atoms with E-state index in [9.17, 15) is 34.5 Å². The van der Waals surface area contributed by atoms with Crippen molar-refractivity contribution >= 4 is 23.9 Å². The van der Waals surface area contributed by atoms with E-state index in [1.54, 1.807) is 27.7 Å². The van der Waals surface area contributed by atoms with Crippen molar-refractivity contribution in [2.24, 2.45) is 57.2 Å². The number of aliphatic hydroxyl groups excluding tert-OH is 2. The Morgan fingerprint density at radius 1 is 0.920 bits per heavy atom. The molecule has 0 bridgehead atoms. The highest BCUT2D eigenvalue weighted by molar-refractivity contribution is 5.84. The number of carbonyl (C=O) groups excluding carboxylic acids is 4. The Hall–Kier alpha value is -2.74. The van der Waals surface area contributed by atoms with Crippen LogP contribution in [0.5, 0.6) is 0 Å². The molecule has 1 unspecified atom stereocenters. The van der Waals surface area contributed by atoms with Crippen molar-refractivity contribution in [3.05, 3.63) is 11.3 Å². The lowest BCUT2D eigenvalue weighted by atomic mass is 9.44. The lowest BCUT2D eigenvalue weighted by Gasteiger charge is -2.62. The third-order valence-electron chi connectivity index (χ3n) is 14.9. The number of fused-ring (bicyclic) bond motifs is 9. The first kappa shape index (κ1) is 34.4. The van der Waals surface area contributed by atoms with Gasteiger partial charge in [-0.3, -0.25) is 14.4 Å². The van der Waals surface area contributed by atoms with Gasteiger partial charge in [0, 0.05) is 48.9 Å². The van der Waals surface area contributed by atoms with Gasteiger partial charge < -0.3 is 43.7 Å². The van der Waals surface area contributed by atoms with Crippen molar-refractivity contribution in [2.75, 3.05) is 0 Å². The molecule has 276 valence electrons. The number of epoxide rings is 2. The zero-order chi connectivity index (χ0) is 36.6. The number of hydrogen-bond donors (Lipinski definition) is 3. The Morgan fingerprint density at radius 3 is 2.14 bits per heavy atom. The van der Waals surface area contributed by atoms with E-state index in [0.717, 1.165) is 0 Å². The Morgan fingerprint density at radius 2 is 1.54 bits per heavy atom. The number of esters is 4. The van der Waals surface area contributed by atoms with Gasteiger partial charge in [0.25, 0.3) is 0 Å². The van der Waals surface area contributed by atoms with Crippen molar-refractivity contribution in [1.29, 1.82) is 0 Å². The van der Waals surface area contributed by atoms with E-state index in [2.05, 4.69) is 0 Å². The number of rotatable bonds is 3. The minimum absolute atomic E-state index is 0.0355. The highest BCUT2D eigenvalue weighted by atomic mass is 16.8. The summed E-state index contributed by atoms with van der Waals surface area (Å²) in [6.07, 6.45) is -4.95. The van der Waals surface area contributed by atoms with Crippen molar-refractivity contribution in [2.45, 2.75) is 136 Å². The van der Waals surface area contributed by atoms with E-state index in [4.69, 9.17) is 28.4 Å². The van der Waals surface area contributed by atoms with Crippen LogP contribution in [0, 0.1) is 57.2 Å². The number of hydrogen-bond acceptors (Lipinski definition) is 13. The standard InChI is InChI=1S/C37H50O13/c1-13-20-23(35(9)36(10,44)31(43)50-37(35)28(13)49-37)25(48-30(42)32(4,5)6)21-19-17(40)11-16-12-18-24(47-18)27(41)33(16,7)22(19)26(45-14(2)38)29(34(20,21)8)46-15(3)39/h13,16,18,20-29,40-41,44H,11-12H2,1-10H3/t13-,16-,18-,20-,21+,22?,23-,24-,25+,26-,27-,28+,29-,33-,34+,35-,36+,37-/m0/s1. The van der Waals surface area contributed by atoms with Crippen LogP contribution in [0.25, 0.3) is 0 Å². The van der Waals surface area contributed by atoms with Crippen molar-refractivity contribution in [1.82, 2.24) is 0 Å². The molecule has 0 radical (unpaired) electrons. The van der Waals surface area contributed by atoms with Gasteiger partial charge in [-0.25, -0.2) is 4.79 Å². The summed E-state index contributed by atoms with van der Waals surface area (Å²) in [5.74, 6) is -8.03. The quantitative estimate of drug-likeness (QED) is 0.221. The second-order valence-electron chi connectivity index (χ2n) is 18.3. The van der Waals surface area contributed by atoms with Crippen LogP contribution in [-0.4, -0.2) is 93.3 Å². The molecule has 8 aliphatic rings. The average molecular weight is 703 g/mol. The first-order chi connectivity index (χ1) is 23.0.